The van der Waals surface area contributed by atoms with Crippen LogP contribution in [0.5, 0.6) is 0 Å². The molecule has 0 unspecified atom stereocenters. The molecule has 3 aromatic rings. The van der Waals surface area contributed by atoms with Gasteiger partial charge in [0.05, 0.1) is 0 Å². The zero-order valence-corrected chi connectivity index (χ0v) is 14.8. The van der Waals surface area contributed by atoms with Crippen molar-refractivity contribution in [3.63, 3.8) is 0 Å². The lowest BCUT2D eigenvalue weighted by Crippen LogP contribution is -2.22. The van der Waals surface area contributed by atoms with Gasteiger partial charge < -0.3 is 10.6 Å². The highest BCUT2D eigenvalue weighted by molar-refractivity contribution is 7.10. The molecule has 2 amide bonds. The minimum Gasteiger partial charge on any atom is -0.348 e. The van der Waals surface area contributed by atoms with Gasteiger partial charge in [-0.25, -0.2) is 0 Å². The first-order valence-corrected chi connectivity index (χ1v) is 9.03. The average molecular weight is 362 g/mol. The monoisotopic (exact) mass is 362 g/mol. The van der Waals surface area contributed by atoms with E-state index < -0.39 is 0 Å². The van der Waals surface area contributed by atoms with Crippen LogP contribution in [0.3, 0.4) is 0 Å². The lowest BCUT2D eigenvalue weighted by molar-refractivity contribution is -0.111. The van der Waals surface area contributed by atoms with E-state index in [1.807, 2.05) is 47.8 Å². The van der Waals surface area contributed by atoms with Crippen LogP contribution in [0.25, 0.3) is 6.08 Å². The Hall–Kier alpha value is -3.18. The summed E-state index contributed by atoms with van der Waals surface area (Å²) in [6.07, 6.45) is 3.24. The Labute approximate surface area is 156 Å². The largest absolute Gasteiger partial charge is 0.348 e. The van der Waals surface area contributed by atoms with Gasteiger partial charge in [-0.05, 0) is 41.3 Å². The fourth-order valence-corrected chi connectivity index (χ4v) is 2.96. The van der Waals surface area contributed by atoms with E-state index in [-0.39, 0.29) is 11.8 Å². The summed E-state index contributed by atoms with van der Waals surface area (Å²) >= 11 is 1.56. The Morgan fingerprint density at radius 1 is 0.962 bits per heavy atom. The smallest absolute Gasteiger partial charge is 0.251 e. The molecule has 1 heterocycles. The van der Waals surface area contributed by atoms with Crippen LogP contribution in [0.1, 0.15) is 20.8 Å². The maximum absolute atomic E-state index is 12.3. The lowest BCUT2D eigenvalue weighted by atomic mass is 10.1. The van der Waals surface area contributed by atoms with Gasteiger partial charge >= 0.3 is 0 Å². The Kier molecular flexibility index (Phi) is 5.96. The molecular weight excluding hydrogens is 344 g/mol. The van der Waals surface area contributed by atoms with Gasteiger partial charge in [0.1, 0.15) is 0 Å². The second-order valence-electron chi connectivity index (χ2n) is 5.59. The number of benzene rings is 2. The molecule has 0 atom stereocenters. The zero-order valence-electron chi connectivity index (χ0n) is 14.0. The van der Waals surface area contributed by atoms with E-state index in [2.05, 4.69) is 10.6 Å². The molecule has 0 aliphatic rings. The van der Waals surface area contributed by atoms with Gasteiger partial charge in [0, 0.05) is 28.7 Å². The number of hydrogen-bond acceptors (Lipinski definition) is 3. The van der Waals surface area contributed by atoms with Crippen molar-refractivity contribution in [3.05, 3.63) is 94.2 Å². The van der Waals surface area contributed by atoms with E-state index in [1.165, 1.54) is 6.08 Å². The number of carbonyl (C=O) groups excluding carboxylic acids is 2. The summed E-state index contributed by atoms with van der Waals surface area (Å²) in [5.74, 6) is -0.417. The molecule has 3 rings (SSSR count). The highest BCUT2D eigenvalue weighted by Gasteiger charge is 2.07. The first kappa shape index (κ1) is 17.6. The van der Waals surface area contributed by atoms with Crippen LogP contribution in [0.2, 0.25) is 0 Å². The topological polar surface area (TPSA) is 58.2 Å². The highest BCUT2D eigenvalue weighted by atomic mass is 32.1. The fourth-order valence-electron chi connectivity index (χ4n) is 2.35. The van der Waals surface area contributed by atoms with Crippen molar-refractivity contribution < 1.29 is 9.59 Å². The standard InChI is InChI=1S/C21H18N2O2S/c24-20(12-11-19-10-5-13-26-19)23-18-9-4-8-17(14-18)21(25)22-15-16-6-2-1-3-7-16/h1-14H,15H2,(H,22,25)(H,23,24)/b12-11+. The van der Waals surface area contributed by atoms with Crippen molar-refractivity contribution in [1.29, 1.82) is 0 Å². The molecule has 5 heteroatoms. The van der Waals surface area contributed by atoms with Crippen molar-refractivity contribution in [1.82, 2.24) is 5.32 Å². The van der Waals surface area contributed by atoms with E-state index >= 15 is 0 Å². The van der Waals surface area contributed by atoms with Gasteiger partial charge in [-0.15, -0.1) is 11.3 Å². The van der Waals surface area contributed by atoms with Crippen LogP contribution >= 0.6 is 11.3 Å². The van der Waals surface area contributed by atoms with E-state index in [9.17, 15) is 9.59 Å². The van der Waals surface area contributed by atoms with Gasteiger partial charge in [-0.1, -0.05) is 42.5 Å². The molecule has 26 heavy (non-hydrogen) atoms. The van der Waals surface area contributed by atoms with Gasteiger partial charge in [0.15, 0.2) is 0 Å². The van der Waals surface area contributed by atoms with Crippen LogP contribution in [0.15, 0.2) is 78.2 Å². The predicted molar refractivity (Wildman–Crippen MR) is 106 cm³/mol. The zero-order chi connectivity index (χ0) is 18.2. The van der Waals surface area contributed by atoms with Crippen molar-refractivity contribution >= 4 is 34.9 Å². The van der Waals surface area contributed by atoms with Crippen molar-refractivity contribution in [2.75, 3.05) is 5.32 Å². The summed E-state index contributed by atoms with van der Waals surface area (Å²) in [5.41, 5.74) is 2.11. The molecular formula is C21H18N2O2S. The molecule has 130 valence electrons. The van der Waals surface area contributed by atoms with Crippen LogP contribution in [-0.2, 0) is 11.3 Å². The first-order valence-electron chi connectivity index (χ1n) is 8.15. The minimum atomic E-state index is -0.236. The fraction of sp³-hybridized carbons (Fsp3) is 0.0476. The van der Waals surface area contributed by atoms with Gasteiger partial charge in [-0.3, -0.25) is 9.59 Å². The molecule has 2 aromatic carbocycles. The van der Waals surface area contributed by atoms with Crippen LogP contribution in [-0.4, -0.2) is 11.8 Å². The summed E-state index contributed by atoms with van der Waals surface area (Å²) < 4.78 is 0. The summed E-state index contributed by atoms with van der Waals surface area (Å²) in [5, 5.41) is 7.60. The van der Waals surface area contributed by atoms with Crippen molar-refractivity contribution in [2.24, 2.45) is 0 Å². The molecule has 0 radical (unpaired) electrons. The van der Waals surface area contributed by atoms with Gasteiger partial charge in [0.2, 0.25) is 5.91 Å². The Balaban J connectivity index is 1.58. The van der Waals surface area contributed by atoms with E-state index in [4.69, 9.17) is 0 Å². The Morgan fingerprint density at radius 2 is 1.81 bits per heavy atom. The van der Waals surface area contributed by atoms with E-state index in [0.717, 1.165) is 10.4 Å². The maximum Gasteiger partial charge on any atom is 0.251 e. The summed E-state index contributed by atoms with van der Waals surface area (Å²) in [6, 6.07) is 20.5. The number of thiophene rings is 1. The molecule has 0 saturated heterocycles. The lowest BCUT2D eigenvalue weighted by Gasteiger charge is -2.07. The summed E-state index contributed by atoms with van der Waals surface area (Å²) in [6.45, 7) is 0.458. The van der Waals surface area contributed by atoms with Crippen LogP contribution in [0.4, 0.5) is 5.69 Å². The van der Waals surface area contributed by atoms with Gasteiger partial charge in [-0.2, -0.15) is 0 Å². The first-order chi connectivity index (χ1) is 12.7. The minimum absolute atomic E-state index is 0.181. The number of hydrogen-bond donors (Lipinski definition) is 2. The second kappa shape index (κ2) is 8.78. The Bertz CT molecular complexity index is 903. The third-order valence-corrected chi connectivity index (χ3v) is 4.47. The molecule has 2 N–H and O–H groups in total. The molecule has 4 nitrogen and oxygen atoms in total. The number of rotatable bonds is 6. The molecule has 0 bridgehead atoms. The molecule has 0 spiro atoms. The third kappa shape index (κ3) is 5.16. The highest BCUT2D eigenvalue weighted by Crippen LogP contribution is 2.13. The van der Waals surface area contributed by atoms with Gasteiger partial charge in [0.25, 0.3) is 5.91 Å². The normalized spacial score (nSPS) is 10.6. The number of amides is 2. The SMILES string of the molecule is O=C(/C=C/c1cccs1)Nc1cccc(C(=O)NCc2ccccc2)c1. The quantitative estimate of drug-likeness (QED) is 0.641. The molecule has 0 aliphatic carbocycles. The maximum atomic E-state index is 12.3. The number of anilines is 1. The summed E-state index contributed by atoms with van der Waals surface area (Å²) in [7, 11) is 0. The summed E-state index contributed by atoms with van der Waals surface area (Å²) in [4.78, 5) is 25.3. The molecule has 0 aliphatic heterocycles. The van der Waals surface area contributed by atoms with Crippen LogP contribution < -0.4 is 10.6 Å². The number of nitrogens with one attached hydrogen (secondary N) is 2. The Morgan fingerprint density at radius 3 is 2.58 bits per heavy atom. The molecule has 0 saturated carbocycles. The molecule has 0 fully saturated rings. The second-order valence-corrected chi connectivity index (χ2v) is 6.57. The van der Waals surface area contributed by atoms with E-state index in [0.29, 0.717) is 17.8 Å². The average Bonchev–Trinajstić information content (AvgIpc) is 3.19. The molecule has 1 aromatic heterocycles. The van der Waals surface area contributed by atoms with Crippen LogP contribution in [0, 0.1) is 0 Å². The van der Waals surface area contributed by atoms with E-state index in [1.54, 1.807) is 41.7 Å². The number of carbonyl (C=O) groups is 2. The third-order valence-electron chi connectivity index (χ3n) is 3.63. The predicted octanol–water partition coefficient (Wildman–Crippen LogP) is 4.33. The van der Waals surface area contributed by atoms with Crippen molar-refractivity contribution in [3.8, 4) is 0 Å². The van der Waals surface area contributed by atoms with Crippen molar-refractivity contribution in [2.45, 2.75) is 6.54 Å².